The molecule has 0 saturated carbocycles. The standard InChI is InChI=1S/C12H13BrN4/c1-17(12-7-6-11(14)15-16-12)8-9-4-2-3-5-10(9)13/h2-7H,8H2,1H3,(H2,14,15). The highest BCUT2D eigenvalue weighted by atomic mass is 79.9. The van der Waals surface area contributed by atoms with Gasteiger partial charge in [0.1, 0.15) is 5.82 Å². The molecular weight excluding hydrogens is 280 g/mol. The summed E-state index contributed by atoms with van der Waals surface area (Å²) in [6.45, 7) is 0.764. The predicted molar refractivity (Wildman–Crippen MR) is 72.7 cm³/mol. The normalized spacial score (nSPS) is 10.2. The van der Waals surface area contributed by atoms with Crippen molar-refractivity contribution >= 4 is 27.6 Å². The highest BCUT2D eigenvalue weighted by Gasteiger charge is 2.06. The number of rotatable bonds is 3. The van der Waals surface area contributed by atoms with Gasteiger partial charge in [-0.15, -0.1) is 10.2 Å². The van der Waals surface area contributed by atoms with Crippen LogP contribution >= 0.6 is 15.9 Å². The molecule has 2 rings (SSSR count). The van der Waals surface area contributed by atoms with Crippen LogP contribution in [0.4, 0.5) is 11.6 Å². The fraction of sp³-hybridized carbons (Fsp3) is 0.167. The molecule has 2 aromatic rings. The minimum absolute atomic E-state index is 0.433. The van der Waals surface area contributed by atoms with Gasteiger partial charge in [-0.2, -0.15) is 0 Å². The Morgan fingerprint density at radius 2 is 1.94 bits per heavy atom. The van der Waals surface area contributed by atoms with Crippen LogP contribution in [0.25, 0.3) is 0 Å². The first-order valence-electron chi connectivity index (χ1n) is 5.20. The Labute approximate surface area is 109 Å². The van der Waals surface area contributed by atoms with Gasteiger partial charge < -0.3 is 10.6 Å². The van der Waals surface area contributed by atoms with Gasteiger partial charge in [0, 0.05) is 18.1 Å². The fourth-order valence-corrected chi connectivity index (χ4v) is 1.91. The molecule has 88 valence electrons. The lowest BCUT2D eigenvalue weighted by molar-refractivity contribution is 0.866. The van der Waals surface area contributed by atoms with E-state index >= 15 is 0 Å². The van der Waals surface area contributed by atoms with Crippen molar-refractivity contribution in [3.63, 3.8) is 0 Å². The van der Waals surface area contributed by atoms with Gasteiger partial charge in [0.25, 0.3) is 0 Å². The van der Waals surface area contributed by atoms with Crippen molar-refractivity contribution in [2.45, 2.75) is 6.54 Å². The van der Waals surface area contributed by atoms with Gasteiger partial charge in [0.05, 0.1) is 0 Å². The van der Waals surface area contributed by atoms with Gasteiger partial charge in [-0.25, -0.2) is 0 Å². The van der Waals surface area contributed by atoms with Crippen LogP contribution < -0.4 is 10.6 Å². The molecule has 1 aromatic carbocycles. The number of benzene rings is 1. The monoisotopic (exact) mass is 292 g/mol. The molecule has 0 radical (unpaired) electrons. The third-order valence-electron chi connectivity index (χ3n) is 2.43. The lowest BCUT2D eigenvalue weighted by Crippen LogP contribution is -2.18. The van der Waals surface area contributed by atoms with Crippen molar-refractivity contribution in [2.24, 2.45) is 0 Å². The van der Waals surface area contributed by atoms with E-state index in [2.05, 4.69) is 32.2 Å². The molecule has 0 aliphatic carbocycles. The zero-order valence-electron chi connectivity index (χ0n) is 9.47. The number of nitrogens with two attached hydrogens (primary N) is 1. The average molecular weight is 293 g/mol. The highest BCUT2D eigenvalue weighted by molar-refractivity contribution is 9.10. The molecule has 0 aliphatic heterocycles. The third kappa shape index (κ3) is 2.94. The zero-order chi connectivity index (χ0) is 12.3. The Hall–Kier alpha value is -1.62. The quantitative estimate of drug-likeness (QED) is 0.944. The molecular formula is C12H13BrN4. The van der Waals surface area contributed by atoms with Crippen LogP contribution in [0.15, 0.2) is 40.9 Å². The summed E-state index contributed by atoms with van der Waals surface area (Å²) >= 11 is 3.53. The third-order valence-corrected chi connectivity index (χ3v) is 3.20. The summed E-state index contributed by atoms with van der Waals surface area (Å²) in [6.07, 6.45) is 0. The minimum atomic E-state index is 0.433. The maximum Gasteiger partial charge on any atom is 0.151 e. The summed E-state index contributed by atoms with van der Waals surface area (Å²) in [5, 5.41) is 7.88. The van der Waals surface area contributed by atoms with Gasteiger partial charge in [-0.1, -0.05) is 34.1 Å². The number of anilines is 2. The van der Waals surface area contributed by atoms with E-state index in [1.165, 1.54) is 5.56 Å². The van der Waals surface area contributed by atoms with Gasteiger partial charge in [-0.3, -0.25) is 0 Å². The first kappa shape index (κ1) is 11.9. The van der Waals surface area contributed by atoms with Crippen molar-refractivity contribution in [1.29, 1.82) is 0 Å². The summed E-state index contributed by atoms with van der Waals surface area (Å²) in [4.78, 5) is 2.02. The molecule has 0 aliphatic rings. The van der Waals surface area contributed by atoms with E-state index in [9.17, 15) is 0 Å². The second kappa shape index (κ2) is 5.14. The minimum Gasteiger partial charge on any atom is -0.382 e. The van der Waals surface area contributed by atoms with E-state index in [-0.39, 0.29) is 0 Å². The Morgan fingerprint density at radius 1 is 1.18 bits per heavy atom. The topological polar surface area (TPSA) is 55.0 Å². The average Bonchev–Trinajstić information content (AvgIpc) is 2.33. The zero-order valence-corrected chi connectivity index (χ0v) is 11.1. The van der Waals surface area contributed by atoms with Crippen molar-refractivity contribution in [2.75, 3.05) is 17.7 Å². The molecule has 5 heteroatoms. The van der Waals surface area contributed by atoms with E-state index in [4.69, 9.17) is 5.73 Å². The molecule has 0 amide bonds. The second-order valence-corrected chi connectivity index (χ2v) is 4.62. The Bertz CT molecular complexity index is 498. The smallest absolute Gasteiger partial charge is 0.151 e. The van der Waals surface area contributed by atoms with E-state index in [1.807, 2.05) is 36.2 Å². The predicted octanol–water partition coefficient (Wildman–Crippen LogP) is 2.46. The number of nitrogens with zero attached hydrogens (tertiary/aromatic N) is 3. The molecule has 17 heavy (non-hydrogen) atoms. The summed E-state index contributed by atoms with van der Waals surface area (Å²) in [5.74, 6) is 1.23. The number of hydrogen-bond acceptors (Lipinski definition) is 4. The first-order valence-corrected chi connectivity index (χ1v) is 6.00. The molecule has 1 heterocycles. The molecule has 0 atom stereocenters. The summed E-state index contributed by atoms with van der Waals surface area (Å²) in [6, 6.07) is 11.7. The lowest BCUT2D eigenvalue weighted by atomic mass is 10.2. The molecule has 0 fully saturated rings. The first-order chi connectivity index (χ1) is 8.16. The number of hydrogen-bond donors (Lipinski definition) is 1. The van der Waals surface area contributed by atoms with Gasteiger partial charge in [0.15, 0.2) is 5.82 Å². The molecule has 0 unspecified atom stereocenters. The van der Waals surface area contributed by atoms with E-state index in [1.54, 1.807) is 6.07 Å². The van der Waals surface area contributed by atoms with E-state index in [0.29, 0.717) is 5.82 Å². The summed E-state index contributed by atoms with van der Waals surface area (Å²) in [5.41, 5.74) is 6.71. The van der Waals surface area contributed by atoms with Crippen LogP contribution in [-0.2, 0) is 6.54 Å². The van der Waals surface area contributed by atoms with Crippen LogP contribution in [0.1, 0.15) is 5.56 Å². The van der Waals surface area contributed by atoms with Crippen LogP contribution in [0, 0.1) is 0 Å². The van der Waals surface area contributed by atoms with E-state index < -0.39 is 0 Å². The molecule has 4 nitrogen and oxygen atoms in total. The number of halogens is 1. The Morgan fingerprint density at radius 3 is 2.59 bits per heavy atom. The highest BCUT2D eigenvalue weighted by Crippen LogP contribution is 2.19. The van der Waals surface area contributed by atoms with Gasteiger partial charge in [-0.05, 0) is 23.8 Å². The van der Waals surface area contributed by atoms with E-state index in [0.717, 1.165) is 16.8 Å². The van der Waals surface area contributed by atoms with Crippen molar-refractivity contribution in [1.82, 2.24) is 10.2 Å². The molecule has 2 N–H and O–H groups in total. The Kier molecular flexibility index (Phi) is 3.58. The summed E-state index contributed by atoms with van der Waals surface area (Å²) in [7, 11) is 1.97. The largest absolute Gasteiger partial charge is 0.382 e. The maximum atomic E-state index is 5.50. The van der Waals surface area contributed by atoms with Gasteiger partial charge >= 0.3 is 0 Å². The second-order valence-electron chi connectivity index (χ2n) is 3.76. The number of nitrogen functional groups attached to an aromatic ring is 1. The Balaban J connectivity index is 2.14. The fourth-order valence-electron chi connectivity index (χ4n) is 1.50. The summed E-state index contributed by atoms with van der Waals surface area (Å²) < 4.78 is 1.09. The van der Waals surface area contributed by atoms with Crippen LogP contribution in [0.5, 0.6) is 0 Å². The molecule has 0 spiro atoms. The lowest BCUT2D eigenvalue weighted by Gasteiger charge is -2.18. The molecule has 1 aromatic heterocycles. The maximum absolute atomic E-state index is 5.50. The molecule has 0 saturated heterocycles. The SMILES string of the molecule is CN(Cc1ccccc1Br)c1ccc(N)nn1. The number of aromatic nitrogens is 2. The van der Waals surface area contributed by atoms with Crippen LogP contribution in [-0.4, -0.2) is 17.2 Å². The van der Waals surface area contributed by atoms with Gasteiger partial charge in [0.2, 0.25) is 0 Å². The van der Waals surface area contributed by atoms with Crippen molar-refractivity contribution in [3.05, 3.63) is 46.4 Å². The van der Waals surface area contributed by atoms with Crippen LogP contribution in [0.3, 0.4) is 0 Å². The molecule has 0 bridgehead atoms. The van der Waals surface area contributed by atoms with Crippen molar-refractivity contribution < 1.29 is 0 Å². The van der Waals surface area contributed by atoms with Crippen LogP contribution in [0.2, 0.25) is 0 Å². The van der Waals surface area contributed by atoms with Crippen molar-refractivity contribution in [3.8, 4) is 0 Å².